The predicted molar refractivity (Wildman–Crippen MR) is 256 cm³/mol. The number of aliphatic hydroxyl groups is 3. The van der Waals surface area contributed by atoms with Gasteiger partial charge in [0.25, 0.3) is 0 Å². The molecule has 0 aromatic carbocycles. The van der Waals surface area contributed by atoms with E-state index >= 15 is 0 Å². The normalized spacial score (nSPS) is 18.2. The van der Waals surface area contributed by atoms with Crippen LogP contribution in [0.1, 0.15) is 93.4 Å². The fourth-order valence-corrected chi connectivity index (χ4v) is 7.14. The van der Waals surface area contributed by atoms with Crippen LogP contribution in [0.4, 0.5) is 0 Å². The van der Waals surface area contributed by atoms with Crippen molar-refractivity contribution in [3.05, 3.63) is 0 Å². The van der Waals surface area contributed by atoms with Crippen LogP contribution in [0.15, 0.2) is 4.99 Å². The van der Waals surface area contributed by atoms with Gasteiger partial charge < -0.3 is 90.8 Å². The van der Waals surface area contributed by atoms with E-state index in [2.05, 4.69) is 47.5 Å². The van der Waals surface area contributed by atoms with Gasteiger partial charge in [0.05, 0.1) is 31.8 Å². The number of carboxylic acids is 1. The summed E-state index contributed by atoms with van der Waals surface area (Å²) in [6.45, 7) is 8.43. The van der Waals surface area contributed by atoms with Gasteiger partial charge in [-0.3, -0.25) is 52.9 Å². The van der Waals surface area contributed by atoms with Crippen molar-refractivity contribution in [2.24, 2.45) is 39.8 Å². The summed E-state index contributed by atoms with van der Waals surface area (Å²) in [6, 6.07) is -14.6. The van der Waals surface area contributed by atoms with E-state index < -0.39 is 163 Å². The third-order valence-corrected chi connectivity index (χ3v) is 11.9. The first-order valence-electron chi connectivity index (χ1n) is 23.6. The van der Waals surface area contributed by atoms with Gasteiger partial charge in [0.1, 0.15) is 54.4 Å². The van der Waals surface area contributed by atoms with Crippen LogP contribution in [-0.4, -0.2) is 189 Å². The SMILES string of the molecule is CC[C@H](C)[C@H](NC(=O)[C@@H](NC(=O)[C@H](CO)NC(=O)[C@@H](NC(=O)[C@@H]1CCCN1C(=O)[C@H](C)NC(=O)[C@H](CCCN=C(N)N)NC(=O)[C@H](CO)NC(=O)[C@H](CC(N)=O)NC(=O)[C@H](C)N)[C@@H](C)O)[C@@H](C)CC)C(=O)O. The third-order valence-electron chi connectivity index (χ3n) is 11.9. The highest BCUT2D eigenvalue weighted by molar-refractivity contribution is 5.99. The lowest BCUT2D eigenvalue weighted by atomic mass is 9.95. The average Bonchev–Trinajstić information content (AvgIpc) is 3.81. The number of carbonyl (C=O) groups is 11. The zero-order valence-electron chi connectivity index (χ0n) is 41.8. The molecule has 0 saturated carbocycles. The summed E-state index contributed by atoms with van der Waals surface area (Å²) in [5, 5.41) is 59.2. The Morgan fingerprint density at radius 2 is 1.10 bits per heavy atom. The van der Waals surface area contributed by atoms with E-state index in [1.54, 1.807) is 27.7 Å². The van der Waals surface area contributed by atoms with E-state index in [0.717, 1.165) is 11.8 Å². The average molecular weight is 1030 g/mol. The summed E-state index contributed by atoms with van der Waals surface area (Å²) < 4.78 is 0. The Morgan fingerprint density at radius 3 is 1.60 bits per heavy atom. The van der Waals surface area contributed by atoms with Gasteiger partial charge in [-0.25, -0.2) is 4.79 Å². The van der Waals surface area contributed by atoms with Gasteiger partial charge in [0, 0.05) is 13.1 Å². The maximum absolute atomic E-state index is 13.9. The first kappa shape index (κ1) is 63.3. The summed E-state index contributed by atoms with van der Waals surface area (Å²) in [6.07, 6.45) is -1.26. The quantitative estimate of drug-likeness (QED) is 0.0174. The molecule has 0 unspecified atom stereocenters. The van der Waals surface area contributed by atoms with Crippen molar-refractivity contribution < 1.29 is 73.2 Å². The summed E-state index contributed by atoms with van der Waals surface area (Å²) in [4.78, 5) is 149. The summed E-state index contributed by atoms with van der Waals surface area (Å²) in [7, 11) is 0. The molecule has 1 heterocycles. The number of nitrogens with one attached hydrogen (secondary N) is 8. The van der Waals surface area contributed by atoms with Crippen molar-refractivity contribution in [2.75, 3.05) is 26.3 Å². The highest BCUT2D eigenvalue weighted by Crippen LogP contribution is 2.20. The van der Waals surface area contributed by atoms with Crippen LogP contribution >= 0.6 is 0 Å². The molecule has 1 aliphatic rings. The Balaban J connectivity index is 3.22. The number of nitrogens with zero attached hydrogens (tertiary/aromatic N) is 2. The van der Waals surface area contributed by atoms with Crippen LogP contribution in [0.5, 0.6) is 0 Å². The molecule has 1 aliphatic heterocycles. The molecule has 0 aromatic rings. The highest BCUT2D eigenvalue weighted by atomic mass is 16.4. The second-order valence-electron chi connectivity index (χ2n) is 17.7. The van der Waals surface area contributed by atoms with Crippen LogP contribution in [0.2, 0.25) is 0 Å². The molecular formula is C43H76N14O15. The summed E-state index contributed by atoms with van der Waals surface area (Å²) in [5.74, 6) is -12.2. The molecule has 20 N–H and O–H groups in total. The molecule has 29 nitrogen and oxygen atoms in total. The Hall–Kier alpha value is -6.72. The molecule has 0 radical (unpaired) electrons. The van der Waals surface area contributed by atoms with Crippen molar-refractivity contribution in [1.29, 1.82) is 0 Å². The van der Waals surface area contributed by atoms with Crippen molar-refractivity contribution in [2.45, 2.75) is 160 Å². The number of aliphatic imine (C=N–C) groups is 1. The number of carboxylic acid groups (broad SMARTS) is 1. The number of aliphatic carboxylic acids is 1. The van der Waals surface area contributed by atoms with Crippen molar-refractivity contribution in [3.63, 3.8) is 0 Å². The van der Waals surface area contributed by atoms with E-state index in [9.17, 15) is 73.2 Å². The van der Waals surface area contributed by atoms with Gasteiger partial charge >= 0.3 is 5.97 Å². The smallest absolute Gasteiger partial charge is 0.326 e. The number of primary amides is 1. The van der Waals surface area contributed by atoms with Crippen LogP contribution in [0.3, 0.4) is 0 Å². The van der Waals surface area contributed by atoms with Gasteiger partial charge in [-0.15, -0.1) is 0 Å². The van der Waals surface area contributed by atoms with E-state index in [1.807, 2.05) is 0 Å². The largest absolute Gasteiger partial charge is 0.480 e. The van der Waals surface area contributed by atoms with Crippen molar-refractivity contribution >= 4 is 71.0 Å². The minimum Gasteiger partial charge on any atom is -0.480 e. The fourth-order valence-electron chi connectivity index (χ4n) is 7.14. The van der Waals surface area contributed by atoms with Gasteiger partial charge in [0.15, 0.2) is 5.96 Å². The lowest BCUT2D eigenvalue weighted by molar-refractivity contribution is -0.144. The molecule has 72 heavy (non-hydrogen) atoms. The first-order chi connectivity index (χ1) is 33.6. The Labute approximate surface area is 416 Å². The summed E-state index contributed by atoms with van der Waals surface area (Å²) >= 11 is 0. The number of nitrogens with two attached hydrogens (primary N) is 4. The first-order valence-corrected chi connectivity index (χ1v) is 23.6. The standard InChI is InChI=1S/C43H76N14O15/c1-8-19(3)30(39(68)55-31(42(71)72)20(4)9-2)54-37(66)27(18-59)53-40(69)32(23(7)60)56-38(67)28-13-11-15-57(28)41(70)22(6)49-34(63)24(12-10-14-48-43(46)47)50-36(65)26(17-58)52-35(64)25(16-29(45)61)51-33(62)21(5)44/h19-28,30-32,58-60H,8-18,44H2,1-7H3,(H2,45,61)(H,49,63)(H,50,65)(H,51,62)(H,52,64)(H,53,69)(H,54,66)(H,55,68)(H,56,67)(H,71,72)(H4,46,47,48)/t19-,20-,21-,22-,23+,24-,25-,26-,27-,28-,30-,31-,32-/m0/s1. The monoisotopic (exact) mass is 1030 g/mol. The second kappa shape index (κ2) is 30.9. The zero-order valence-corrected chi connectivity index (χ0v) is 41.8. The lowest BCUT2D eigenvalue weighted by Gasteiger charge is -2.31. The van der Waals surface area contributed by atoms with Crippen LogP contribution in [-0.2, 0) is 52.7 Å². The Bertz CT molecular complexity index is 1950. The number of likely N-dealkylation sites (tertiary alicyclic amines) is 1. The molecule has 0 aromatic heterocycles. The van der Waals surface area contributed by atoms with E-state index in [0.29, 0.717) is 12.8 Å². The second-order valence-corrected chi connectivity index (χ2v) is 17.7. The van der Waals surface area contributed by atoms with Crippen LogP contribution in [0.25, 0.3) is 0 Å². The topological polar surface area (TPSA) is 485 Å². The molecule has 1 saturated heterocycles. The molecular weight excluding hydrogens is 953 g/mol. The highest BCUT2D eigenvalue weighted by Gasteiger charge is 2.41. The van der Waals surface area contributed by atoms with Gasteiger partial charge in [-0.2, -0.15) is 0 Å². The molecule has 29 heteroatoms. The number of guanidine groups is 1. The fraction of sp³-hybridized carbons (Fsp3) is 0.721. The minimum atomic E-state index is -1.76. The van der Waals surface area contributed by atoms with Gasteiger partial charge in [-0.1, -0.05) is 40.5 Å². The number of carbonyl (C=O) groups excluding carboxylic acids is 10. The maximum Gasteiger partial charge on any atom is 0.326 e. The van der Waals surface area contributed by atoms with Crippen LogP contribution < -0.4 is 65.5 Å². The van der Waals surface area contributed by atoms with Gasteiger partial charge in [-0.05, 0) is 58.3 Å². The zero-order chi connectivity index (χ0) is 55.2. The summed E-state index contributed by atoms with van der Waals surface area (Å²) in [5.41, 5.74) is 21.5. The van der Waals surface area contributed by atoms with Gasteiger partial charge in [0.2, 0.25) is 59.1 Å². The molecule has 1 fully saturated rings. The lowest BCUT2D eigenvalue weighted by Crippen LogP contribution is -2.62. The number of hydrogen-bond donors (Lipinski definition) is 16. The van der Waals surface area contributed by atoms with Crippen LogP contribution in [0, 0.1) is 11.8 Å². The van der Waals surface area contributed by atoms with E-state index in [1.165, 1.54) is 13.8 Å². The number of hydrogen-bond acceptors (Lipinski definition) is 16. The number of rotatable bonds is 31. The molecule has 1 rings (SSSR count). The predicted octanol–water partition coefficient (Wildman–Crippen LogP) is -7.31. The molecule has 0 spiro atoms. The molecule has 10 amide bonds. The number of aliphatic hydroxyl groups excluding tert-OH is 3. The Morgan fingerprint density at radius 1 is 0.625 bits per heavy atom. The molecule has 13 atom stereocenters. The number of amides is 10. The van der Waals surface area contributed by atoms with Crippen molar-refractivity contribution in [1.82, 2.24) is 47.4 Å². The molecule has 0 bridgehead atoms. The minimum absolute atomic E-state index is 0.00285. The molecule has 408 valence electrons. The third kappa shape index (κ3) is 20.2. The van der Waals surface area contributed by atoms with E-state index in [-0.39, 0.29) is 44.7 Å². The maximum atomic E-state index is 13.9. The Kier molecular flexibility index (Phi) is 27.2. The molecule has 0 aliphatic carbocycles. The van der Waals surface area contributed by atoms with E-state index in [4.69, 9.17) is 22.9 Å². The van der Waals surface area contributed by atoms with Crippen molar-refractivity contribution in [3.8, 4) is 0 Å².